The molecule has 0 spiro atoms. The van der Waals surface area contributed by atoms with Crippen molar-refractivity contribution in [2.75, 3.05) is 20.1 Å². The molecular formula is C12H26N2. The van der Waals surface area contributed by atoms with Gasteiger partial charge in [-0.05, 0) is 44.7 Å². The summed E-state index contributed by atoms with van der Waals surface area (Å²) in [6.07, 6.45) is 5.50. The molecule has 1 aliphatic rings. The lowest BCUT2D eigenvalue weighted by Crippen LogP contribution is -2.46. The maximum absolute atomic E-state index is 5.85. The lowest BCUT2D eigenvalue weighted by molar-refractivity contribution is 0.120. The van der Waals surface area contributed by atoms with Crippen molar-refractivity contribution in [3.05, 3.63) is 0 Å². The minimum Gasteiger partial charge on any atom is -0.329 e. The first kappa shape index (κ1) is 12.0. The molecule has 2 heteroatoms. The van der Waals surface area contributed by atoms with Crippen LogP contribution in [0, 0.1) is 11.8 Å². The summed E-state index contributed by atoms with van der Waals surface area (Å²) in [6, 6.07) is 0.641. The van der Waals surface area contributed by atoms with E-state index in [0.717, 1.165) is 18.4 Å². The first-order chi connectivity index (χ1) is 6.65. The quantitative estimate of drug-likeness (QED) is 0.708. The Morgan fingerprint density at radius 2 is 2.00 bits per heavy atom. The van der Waals surface area contributed by atoms with Gasteiger partial charge in [-0.2, -0.15) is 0 Å². The van der Waals surface area contributed by atoms with Gasteiger partial charge in [0.15, 0.2) is 0 Å². The summed E-state index contributed by atoms with van der Waals surface area (Å²) in [4.78, 5) is 2.48. The molecule has 2 nitrogen and oxygen atoms in total. The Morgan fingerprint density at radius 3 is 2.36 bits per heavy atom. The van der Waals surface area contributed by atoms with Crippen LogP contribution in [-0.4, -0.2) is 31.1 Å². The Labute approximate surface area is 88.8 Å². The van der Waals surface area contributed by atoms with E-state index < -0.39 is 0 Å². The van der Waals surface area contributed by atoms with E-state index in [2.05, 4.69) is 25.8 Å². The van der Waals surface area contributed by atoms with Crippen LogP contribution >= 0.6 is 0 Å². The maximum Gasteiger partial charge on any atom is 0.0243 e. The molecule has 0 radical (unpaired) electrons. The van der Waals surface area contributed by atoms with Gasteiger partial charge in [0.05, 0.1) is 0 Å². The molecule has 1 aliphatic carbocycles. The van der Waals surface area contributed by atoms with Crippen LogP contribution in [0.4, 0.5) is 0 Å². The molecule has 2 N–H and O–H groups in total. The summed E-state index contributed by atoms with van der Waals surface area (Å²) in [7, 11) is 2.23. The lowest BCUT2D eigenvalue weighted by Gasteiger charge is -2.39. The summed E-state index contributed by atoms with van der Waals surface area (Å²) in [5.41, 5.74) is 5.85. The third-order valence-corrected chi connectivity index (χ3v) is 3.56. The second-order valence-corrected chi connectivity index (χ2v) is 5.16. The monoisotopic (exact) mass is 198 g/mol. The molecule has 0 aromatic carbocycles. The van der Waals surface area contributed by atoms with Gasteiger partial charge >= 0.3 is 0 Å². The Bertz CT molecular complexity index is 152. The topological polar surface area (TPSA) is 29.3 Å². The second kappa shape index (κ2) is 5.72. The van der Waals surface area contributed by atoms with E-state index in [1.807, 2.05) is 0 Å². The van der Waals surface area contributed by atoms with Gasteiger partial charge in [-0.1, -0.05) is 20.3 Å². The number of nitrogens with zero attached hydrogens (tertiary/aromatic N) is 1. The SMILES string of the molecule is CC(C)CCN(C)C(CN)C1CCC1. The minimum atomic E-state index is 0.641. The van der Waals surface area contributed by atoms with Crippen molar-refractivity contribution in [2.45, 2.75) is 45.6 Å². The summed E-state index contributed by atoms with van der Waals surface area (Å²) < 4.78 is 0. The van der Waals surface area contributed by atoms with Gasteiger partial charge in [-0.25, -0.2) is 0 Å². The summed E-state index contributed by atoms with van der Waals surface area (Å²) in [5.74, 6) is 1.69. The Morgan fingerprint density at radius 1 is 1.36 bits per heavy atom. The molecule has 0 saturated heterocycles. The van der Waals surface area contributed by atoms with Crippen molar-refractivity contribution >= 4 is 0 Å². The molecule has 0 amide bonds. The molecule has 0 heterocycles. The first-order valence-corrected chi connectivity index (χ1v) is 6.05. The van der Waals surface area contributed by atoms with Crippen LogP contribution in [0.1, 0.15) is 39.5 Å². The fourth-order valence-electron chi connectivity index (χ4n) is 2.18. The zero-order valence-corrected chi connectivity index (χ0v) is 10.00. The largest absolute Gasteiger partial charge is 0.329 e. The van der Waals surface area contributed by atoms with Crippen molar-refractivity contribution in [2.24, 2.45) is 17.6 Å². The van der Waals surface area contributed by atoms with Crippen LogP contribution in [0.5, 0.6) is 0 Å². The van der Waals surface area contributed by atoms with E-state index >= 15 is 0 Å². The Hall–Kier alpha value is -0.0800. The zero-order chi connectivity index (χ0) is 10.6. The summed E-state index contributed by atoms with van der Waals surface area (Å²) in [6.45, 7) is 6.61. The molecule has 0 aliphatic heterocycles. The van der Waals surface area contributed by atoms with Crippen molar-refractivity contribution in [3.63, 3.8) is 0 Å². The molecule has 0 aromatic rings. The first-order valence-electron chi connectivity index (χ1n) is 6.05. The van der Waals surface area contributed by atoms with Crippen LogP contribution < -0.4 is 5.73 Å². The van der Waals surface area contributed by atoms with Crippen LogP contribution in [0.25, 0.3) is 0 Å². The molecular weight excluding hydrogens is 172 g/mol. The summed E-state index contributed by atoms with van der Waals surface area (Å²) in [5, 5.41) is 0. The molecule has 84 valence electrons. The molecule has 0 bridgehead atoms. The molecule has 1 fully saturated rings. The smallest absolute Gasteiger partial charge is 0.0243 e. The molecule has 1 atom stereocenters. The van der Waals surface area contributed by atoms with E-state index in [1.54, 1.807) is 0 Å². The molecule has 14 heavy (non-hydrogen) atoms. The Kier molecular flexibility index (Phi) is 4.90. The van der Waals surface area contributed by atoms with E-state index in [4.69, 9.17) is 5.73 Å². The number of nitrogens with two attached hydrogens (primary N) is 1. The van der Waals surface area contributed by atoms with Gasteiger partial charge in [0.2, 0.25) is 0 Å². The second-order valence-electron chi connectivity index (χ2n) is 5.16. The highest BCUT2D eigenvalue weighted by Gasteiger charge is 2.28. The van der Waals surface area contributed by atoms with Gasteiger partial charge in [-0.3, -0.25) is 0 Å². The molecule has 1 unspecified atom stereocenters. The molecule has 0 aromatic heterocycles. The number of hydrogen-bond donors (Lipinski definition) is 1. The number of likely N-dealkylation sites (N-methyl/N-ethyl adjacent to an activating group) is 1. The van der Waals surface area contributed by atoms with E-state index in [9.17, 15) is 0 Å². The van der Waals surface area contributed by atoms with Crippen molar-refractivity contribution in [3.8, 4) is 0 Å². The highest BCUT2D eigenvalue weighted by atomic mass is 15.1. The van der Waals surface area contributed by atoms with Crippen LogP contribution in [0.2, 0.25) is 0 Å². The Balaban J connectivity index is 2.27. The van der Waals surface area contributed by atoms with Crippen LogP contribution in [0.3, 0.4) is 0 Å². The van der Waals surface area contributed by atoms with Gasteiger partial charge < -0.3 is 10.6 Å². The standard InChI is InChI=1S/C12H26N2/c1-10(2)7-8-14(3)12(9-13)11-5-4-6-11/h10-12H,4-9,13H2,1-3H3. The highest BCUT2D eigenvalue weighted by molar-refractivity contribution is 4.84. The van der Waals surface area contributed by atoms with E-state index in [0.29, 0.717) is 6.04 Å². The van der Waals surface area contributed by atoms with Crippen LogP contribution in [0.15, 0.2) is 0 Å². The molecule has 1 rings (SSSR count). The maximum atomic E-state index is 5.85. The fraction of sp³-hybridized carbons (Fsp3) is 1.00. The fourth-order valence-corrected chi connectivity index (χ4v) is 2.18. The van der Waals surface area contributed by atoms with Gasteiger partial charge in [0.1, 0.15) is 0 Å². The predicted molar refractivity (Wildman–Crippen MR) is 62.3 cm³/mol. The van der Waals surface area contributed by atoms with E-state index in [1.165, 1.54) is 32.2 Å². The average molecular weight is 198 g/mol. The molecule has 1 saturated carbocycles. The van der Waals surface area contributed by atoms with Gasteiger partial charge in [0, 0.05) is 12.6 Å². The third-order valence-electron chi connectivity index (χ3n) is 3.56. The average Bonchev–Trinajstić information content (AvgIpc) is 2.06. The zero-order valence-electron chi connectivity index (χ0n) is 10.00. The highest BCUT2D eigenvalue weighted by Crippen LogP contribution is 2.31. The van der Waals surface area contributed by atoms with Gasteiger partial charge in [0.25, 0.3) is 0 Å². The lowest BCUT2D eigenvalue weighted by atomic mass is 9.79. The number of rotatable bonds is 6. The third kappa shape index (κ3) is 3.25. The van der Waals surface area contributed by atoms with Crippen LogP contribution in [-0.2, 0) is 0 Å². The van der Waals surface area contributed by atoms with Gasteiger partial charge in [-0.15, -0.1) is 0 Å². The van der Waals surface area contributed by atoms with E-state index in [-0.39, 0.29) is 0 Å². The van der Waals surface area contributed by atoms with Crippen molar-refractivity contribution in [1.82, 2.24) is 4.90 Å². The van der Waals surface area contributed by atoms with Crippen molar-refractivity contribution < 1.29 is 0 Å². The van der Waals surface area contributed by atoms with Crippen molar-refractivity contribution in [1.29, 1.82) is 0 Å². The normalized spacial score (nSPS) is 20.1. The minimum absolute atomic E-state index is 0.641. The predicted octanol–water partition coefficient (Wildman–Crippen LogP) is 2.09. The number of hydrogen-bond acceptors (Lipinski definition) is 2. The summed E-state index contributed by atoms with van der Waals surface area (Å²) >= 11 is 0.